The molecule has 2 aromatic heterocycles. The van der Waals surface area contributed by atoms with Gasteiger partial charge in [-0.25, -0.2) is 14.2 Å². The number of urea groups is 1. The van der Waals surface area contributed by atoms with Gasteiger partial charge in [-0.1, -0.05) is 37.8 Å². The lowest BCUT2D eigenvalue weighted by Crippen LogP contribution is -2.22. The Morgan fingerprint density at radius 1 is 1.10 bits per heavy atom. The van der Waals surface area contributed by atoms with E-state index in [1.807, 2.05) is 5.38 Å². The van der Waals surface area contributed by atoms with Crippen molar-refractivity contribution in [2.24, 2.45) is 0 Å². The molecule has 0 saturated heterocycles. The first-order valence-electron chi connectivity index (χ1n) is 12.0. The van der Waals surface area contributed by atoms with Crippen LogP contribution in [0.4, 0.5) is 39.5 Å². The van der Waals surface area contributed by atoms with Crippen LogP contribution in [0.25, 0.3) is 21.2 Å². The maximum absolute atomic E-state index is 14.0. The monoisotopic (exact) mass is 555 g/mol. The highest BCUT2D eigenvalue weighted by Crippen LogP contribution is 2.38. The van der Waals surface area contributed by atoms with E-state index >= 15 is 0 Å². The van der Waals surface area contributed by atoms with Gasteiger partial charge in [0.05, 0.1) is 28.1 Å². The molecule has 2 aromatic carbocycles. The van der Waals surface area contributed by atoms with E-state index < -0.39 is 29.3 Å². The van der Waals surface area contributed by atoms with E-state index in [1.165, 1.54) is 11.3 Å². The van der Waals surface area contributed by atoms with Crippen LogP contribution in [0.3, 0.4) is 0 Å². The fourth-order valence-electron chi connectivity index (χ4n) is 3.88. The summed E-state index contributed by atoms with van der Waals surface area (Å²) in [5.74, 6) is 5.79. The minimum atomic E-state index is -4.67. The molecule has 4 rings (SSSR count). The van der Waals surface area contributed by atoms with Gasteiger partial charge in [-0.2, -0.15) is 13.2 Å². The minimum absolute atomic E-state index is 0.359. The number of thiophene rings is 1. The summed E-state index contributed by atoms with van der Waals surface area (Å²) in [5.41, 5.74) is 7.39. The second-order valence-electron chi connectivity index (χ2n) is 8.52. The highest BCUT2D eigenvalue weighted by atomic mass is 32.1. The molecule has 0 aliphatic rings. The van der Waals surface area contributed by atoms with E-state index in [-0.39, 0.29) is 0 Å². The lowest BCUT2D eigenvalue weighted by Gasteiger charge is -2.13. The number of hydrogen-bond acceptors (Lipinski definition) is 5. The number of nitrogen functional groups attached to an aromatic ring is 1. The maximum atomic E-state index is 14.0. The number of alkyl halides is 3. The normalized spacial score (nSPS) is 11.4. The summed E-state index contributed by atoms with van der Waals surface area (Å²) in [7, 11) is 0. The molecule has 202 valence electrons. The molecular weight excluding hydrogens is 530 g/mol. The lowest BCUT2D eigenvalue weighted by atomic mass is 10.0. The van der Waals surface area contributed by atoms with Crippen LogP contribution in [0.1, 0.15) is 25.0 Å². The molecule has 0 atom stereocenters. The third kappa shape index (κ3) is 6.47. The topological polar surface area (TPSA) is 83.3 Å². The molecule has 2 heterocycles. The molecule has 11 heteroatoms. The number of fused-ring (bicyclic) bond motifs is 1. The average Bonchev–Trinajstić information content (AvgIpc) is 3.35. The van der Waals surface area contributed by atoms with Gasteiger partial charge in [0.2, 0.25) is 0 Å². The van der Waals surface area contributed by atoms with Crippen LogP contribution >= 0.6 is 11.3 Å². The Labute approximate surface area is 226 Å². The van der Waals surface area contributed by atoms with Crippen LogP contribution in [0.5, 0.6) is 0 Å². The highest BCUT2D eigenvalue weighted by molar-refractivity contribution is 7.18. The summed E-state index contributed by atoms with van der Waals surface area (Å²) in [5, 5.41) is 7.36. The van der Waals surface area contributed by atoms with Crippen LogP contribution in [-0.4, -0.2) is 35.5 Å². The van der Waals surface area contributed by atoms with Gasteiger partial charge in [0.25, 0.3) is 0 Å². The average molecular weight is 556 g/mol. The Morgan fingerprint density at radius 2 is 1.82 bits per heavy atom. The molecule has 0 unspecified atom stereocenters. The number of pyridine rings is 1. The van der Waals surface area contributed by atoms with Gasteiger partial charge in [0.1, 0.15) is 11.6 Å². The standard InChI is InChI=1S/C28H25F4N5OS/c1-3-37(4-2)13-5-6-18-15-34-26(33)24-21(16-39-25(18)24)17-7-10-20(11-8-17)35-27(38)36-23-14-19(28(30,31)32)9-12-22(23)29/h7-12,14-16H,3-4,13H2,1-2H3,(H2,33,34)(H2,35,36,38). The zero-order valence-electron chi connectivity index (χ0n) is 21.1. The number of rotatable bonds is 6. The van der Waals surface area contributed by atoms with E-state index in [1.54, 1.807) is 30.5 Å². The zero-order valence-corrected chi connectivity index (χ0v) is 21.9. The Hall–Kier alpha value is -4.14. The highest BCUT2D eigenvalue weighted by Gasteiger charge is 2.31. The predicted molar refractivity (Wildman–Crippen MR) is 148 cm³/mol. The molecule has 0 aliphatic heterocycles. The molecule has 39 heavy (non-hydrogen) atoms. The Kier molecular flexibility index (Phi) is 8.38. The van der Waals surface area contributed by atoms with Gasteiger partial charge in [-0.15, -0.1) is 11.3 Å². The third-order valence-corrected chi connectivity index (χ3v) is 7.05. The summed E-state index contributed by atoms with van der Waals surface area (Å²) < 4.78 is 53.7. The minimum Gasteiger partial charge on any atom is -0.383 e. The Balaban J connectivity index is 1.51. The number of carbonyl (C=O) groups excluding carboxylic acids is 1. The molecular formula is C28H25F4N5OS. The first kappa shape index (κ1) is 27.9. The molecule has 0 radical (unpaired) electrons. The van der Waals surface area contributed by atoms with Crippen LogP contribution in [0.2, 0.25) is 0 Å². The maximum Gasteiger partial charge on any atom is 0.416 e. The van der Waals surface area contributed by atoms with Crippen LogP contribution in [0, 0.1) is 17.7 Å². The number of anilines is 3. The summed E-state index contributed by atoms with van der Waals surface area (Å²) in [6, 6.07) is 7.69. The summed E-state index contributed by atoms with van der Waals surface area (Å²) in [6.07, 6.45) is -2.99. The fraction of sp³-hybridized carbons (Fsp3) is 0.214. The van der Waals surface area contributed by atoms with E-state index in [0.29, 0.717) is 36.2 Å². The van der Waals surface area contributed by atoms with Crippen molar-refractivity contribution < 1.29 is 22.4 Å². The smallest absolute Gasteiger partial charge is 0.383 e. The molecule has 4 aromatic rings. The third-order valence-electron chi connectivity index (χ3n) is 6.04. The number of nitrogens with one attached hydrogen (secondary N) is 2. The number of nitrogens with two attached hydrogens (primary N) is 1. The van der Waals surface area contributed by atoms with Crippen molar-refractivity contribution in [2.45, 2.75) is 20.0 Å². The molecule has 6 nitrogen and oxygen atoms in total. The van der Waals surface area contributed by atoms with Crippen molar-refractivity contribution in [1.29, 1.82) is 0 Å². The van der Waals surface area contributed by atoms with Gasteiger partial charge in [0.15, 0.2) is 0 Å². The number of benzene rings is 2. The number of carbonyl (C=O) groups is 1. The SMILES string of the molecule is CCN(CC)CC#Cc1cnc(N)c2c(-c3ccc(NC(=O)Nc4cc(C(F)(F)F)ccc4F)cc3)csc12. The van der Waals surface area contributed by atoms with Crippen molar-refractivity contribution >= 4 is 44.6 Å². The number of hydrogen-bond donors (Lipinski definition) is 3. The van der Waals surface area contributed by atoms with Crippen molar-refractivity contribution in [3.8, 4) is 23.0 Å². The van der Waals surface area contributed by atoms with Crippen LogP contribution < -0.4 is 16.4 Å². The number of halogens is 4. The molecule has 0 saturated carbocycles. The summed E-state index contributed by atoms with van der Waals surface area (Å²) in [6.45, 7) is 6.66. The Bertz CT molecular complexity index is 1550. The summed E-state index contributed by atoms with van der Waals surface area (Å²) in [4.78, 5) is 18.9. The lowest BCUT2D eigenvalue weighted by molar-refractivity contribution is -0.137. The Morgan fingerprint density at radius 3 is 2.49 bits per heavy atom. The van der Waals surface area contributed by atoms with Crippen LogP contribution in [-0.2, 0) is 6.18 Å². The van der Waals surface area contributed by atoms with Crippen molar-refractivity contribution in [3.63, 3.8) is 0 Å². The molecule has 0 spiro atoms. The van der Waals surface area contributed by atoms with E-state index in [0.717, 1.165) is 39.9 Å². The molecule has 4 N–H and O–H groups in total. The number of aromatic nitrogens is 1. The van der Waals surface area contributed by atoms with Gasteiger partial charge < -0.3 is 16.4 Å². The summed E-state index contributed by atoms with van der Waals surface area (Å²) >= 11 is 1.51. The fourth-order valence-corrected chi connectivity index (χ4v) is 4.93. The number of nitrogens with zero attached hydrogens (tertiary/aromatic N) is 2. The van der Waals surface area contributed by atoms with Crippen LogP contribution in [0.15, 0.2) is 54.0 Å². The first-order chi connectivity index (χ1) is 18.6. The quantitative estimate of drug-likeness (QED) is 0.176. The molecule has 0 aliphatic carbocycles. The van der Waals surface area contributed by atoms with Crippen molar-refractivity contribution in [3.05, 3.63) is 71.0 Å². The van der Waals surface area contributed by atoms with E-state index in [4.69, 9.17) is 5.73 Å². The van der Waals surface area contributed by atoms with E-state index in [2.05, 4.69) is 46.2 Å². The first-order valence-corrected chi connectivity index (χ1v) is 12.9. The number of amides is 2. The largest absolute Gasteiger partial charge is 0.416 e. The van der Waals surface area contributed by atoms with Gasteiger partial charge in [-0.3, -0.25) is 4.90 Å². The van der Waals surface area contributed by atoms with Crippen molar-refractivity contribution in [2.75, 3.05) is 36.0 Å². The van der Waals surface area contributed by atoms with Gasteiger partial charge >= 0.3 is 12.2 Å². The second-order valence-corrected chi connectivity index (χ2v) is 9.40. The van der Waals surface area contributed by atoms with Gasteiger partial charge in [-0.05, 0) is 54.4 Å². The molecule has 0 fully saturated rings. The van der Waals surface area contributed by atoms with Crippen molar-refractivity contribution in [1.82, 2.24) is 9.88 Å². The molecule has 2 amide bonds. The zero-order chi connectivity index (χ0) is 28.2. The molecule has 0 bridgehead atoms. The predicted octanol–water partition coefficient (Wildman–Crippen LogP) is 7.04. The van der Waals surface area contributed by atoms with Gasteiger partial charge in [0, 0.05) is 22.8 Å². The second kappa shape index (κ2) is 11.7. The van der Waals surface area contributed by atoms with E-state index in [9.17, 15) is 22.4 Å².